The van der Waals surface area contributed by atoms with Crippen LogP contribution in [-0.2, 0) is 0 Å². The molecular formula is C10H16F3N3OS2. The van der Waals surface area contributed by atoms with Crippen LogP contribution in [0.3, 0.4) is 0 Å². The zero-order chi connectivity index (χ0) is 14.7. The molecule has 1 rings (SSSR count). The molecule has 0 aliphatic carbocycles. The van der Waals surface area contributed by atoms with Crippen LogP contribution < -0.4 is 5.32 Å². The third kappa shape index (κ3) is 6.44. The smallest absolute Gasteiger partial charge is 0.392 e. The normalized spacial score (nSPS) is 14.5. The van der Waals surface area contributed by atoms with Crippen LogP contribution >= 0.6 is 23.1 Å². The minimum Gasteiger partial charge on any atom is -0.392 e. The quantitative estimate of drug-likeness (QED) is 0.818. The molecule has 0 unspecified atom stereocenters. The van der Waals surface area contributed by atoms with Crippen LogP contribution in [-0.4, -0.2) is 39.9 Å². The molecule has 0 saturated heterocycles. The molecule has 0 amide bonds. The Balaban J connectivity index is 2.43. The summed E-state index contributed by atoms with van der Waals surface area (Å²) in [4.78, 5) is 0. The summed E-state index contributed by atoms with van der Waals surface area (Å²) < 4.78 is 36.5. The van der Waals surface area contributed by atoms with Crippen molar-refractivity contribution in [2.75, 3.05) is 17.6 Å². The lowest BCUT2D eigenvalue weighted by molar-refractivity contribution is -0.115. The van der Waals surface area contributed by atoms with Gasteiger partial charge in [0.05, 0.1) is 6.10 Å². The maximum Gasteiger partial charge on any atom is 0.405 e. The summed E-state index contributed by atoms with van der Waals surface area (Å²) in [6.07, 6.45) is -4.80. The third-order valence-electron chi connectivity index (χ3n) is 2.21. The first-order valence-corrected chi connectivity index (χ1v) is 7.33. The molecule has 4 nitrogen and oxygen atoms in total. The Morgan fingerprint density at radius 1 is 1.32 bits per heavy atom. The van der Waals surface area contributed by atoms with Gasteiger partial charge in [-0.2, -0.15) is 13.2 Å². The number of nitrogens with zero attached hydrogens (tertiary/aromatic N) is 2. The van der Waals surface area contributed by atoms with E-state index in [-0.39, 0.29) is 10.5 Å². The van der Waals surface area contributed by atoms with Crippen LogP contribution in [0.5, 0.6) is 0 Å². The van der Waals surface area contributed by atoms with E-state index < -0.39 is 18.8 Å². The zero-order valence-corrected chi connectivity index (χ0v) is 12.4. The molecule has 9 heteroatoms. The van der Waals surface area contributed by atoms with Crippen LogP contribution in [0.15, 0.2) is 4.34 Å². The number of anilines is 1. The first-order valence-electron chi connectivity index (χ1n) is 5.53. The van der Waals surface area contributed by atoms with Gasteiger partial charge in [0, 0.05) is 5.75 Å². The highest BCUT2D eigenvalue weighted by molar-refractivity contribution is 8.01. The first kappa shape index (κ1) is 16.5. The minimum atomic E-state index is -4.28. The molecule has 0 aliphatic rings. The van der Waals surface area contributed by atoms with E-state index in [1.165, 1.54) is 11.8 Å². The Bertz CT molecular complexity index is 403. The number of aliphatic hydroxyl groups excluding tert-OH is 1. The number of rotatable bonds is 5. The van der Waals surface area contributed by atoms with Crippen molar-refractivity contribution in [1.29, 1.82) is 0 Å². The van der Waals surface area contributed by atoms with E-state index >= 15 is 0 Å². The van der Waals surface area contributed by atoms with Gasteiger partial charge in [0.25, 0.3) is 0 Å². The van der Waals surface area contributed by atoms with E-state index in [2.05, 4.69) is 15.5 Å². The number of hydrogen-bond acceptors (Lipinski definition) is 6. The van der Waals surface area contributed by atoms with Crippen LogP contribution in [0.2, 0.25) is 0 Å². The second kappa shape index (κ2) is 6.27. The van der Waals surface area contributed by atoms with Gasteiger partial charge < -0.3 is 10.4 Å². The van der Waals surface area contributed by atoms with E-state index in [9.17, 15) is 18.3 Å². The summed E-state index contributed by atoms with van der Waals surface area (Å²) in [5.74, 6) is 0.428. The van der Waals surface area contributed by atoms with Crippen molar-refractivity contribution in [3.8, 4) is 0 Å². The van der Waals surface area contributed by atoms with E-state index in [1.54, 1.807) is 0 Å². The van der Waals surface area contributed by atoms with Crippen molar-refractivity contribution in [3.63, 3.8) is 0 Å². The molecule has 110 valence electrons. The van der Waals surface area contributed by atoms with Crippen molar-refractivity contribution >= 4 is 28.2 Å². The van der Waals surface area contributed by atoms with E-state index in [0.717, 1.165) is 11.3 Å². The molecule has 2 N–H and O–H groups in total. The summed E-state index contributed by atoms with van der Waals surface area (Å²) in [7, 11) is 0. The lowest BCUT2D eigenvalue weighted by Crippen LogP contribution is -2.28. The molecule has 1 aromatic rings. The standard InChI is InChI=1S/C10H16F3N3OS2/c1-9(2,3)6(17)4-18-8-16-15-7(19-8)14-5-10(11,12)13/h6,17H,4-5H2,1-3H3,(H,14,15)/t6-/m0/s1. The molecule has 0 aromatic carbocycles. The minimum absolute atomic E-state index is 0.130. The highest BCUT2D eigenvalue weighted by atomic mass is 32.2. The first-order chi connectivity index (χ1) is 8.58. The monoisotopic (exact) mass is 315 g/mol. The van der Waals surface area contributed by atoms with Crippen LogP contribution in [0.25, 0.3) is 0 Å². The Morgan fingerprint density at radius 2 is 1.95 bits per heavy atom. The Morgan fingerprint density at radius 3 is 2.47 bits per heavy atom. The Hall–Kier alpha value is -0.540. The van der Waals surface area contributed by atoms with Gasteiger partial charge in [-0.05, 0) is 5.41 Å². The molecule has 0 bridgehead atoms. The number of alkyl halides is 3. The summed E-state index contributed by atoms with van der Waals surface area (Å²) in [6, 6.07) is 0. The number of hydrogen-bond donors (Lipinski definition) is 2. The fourth-order valence-electron chi connectivity index (χ4n) is 0.916. The predicted octanol–water partition coefficient (Wildman–Crippen LogP) is 3.01. The molecule has 1 heterocycles. The predicted molar refractivity (Wildman–Crippen MR) is 70.6 cm³/mol. The molecule has 1 aromatic heterocycles. The van der Waals surface area contributed by atoms with Crippen molar-refractivity contribution < 1.29 is 18.3 Å². The molecule has 1 atom stereocenters. The van der Waals surface area contributed by atoms with Gasteiger partial charge in [-0.25, -0.2) is 0 Å². The van der Waals surface area contributed by atoms with Gasteiger partial charge in [0.2, 0.25) is 5.13 Å². The van der Waals surface area contributed by atoms with Crippen molar-refractivity contribution in [3.05, 3.63) is 0 Å². The fourth-order valence-corrected chi connectivity index (χ4v) is 2.96. The summed E-state index contributed by atoms with van der Waals surface area (Å²) in [6.45, 7) is 4.61. The van der Waals surface area contributed by atoms with Crippen molar-refractivity contribution in [1.82, 2.24) is 10.2 Å². The molecule has 0 fully saturated rings. The maximum absolute atomic E-state index is 12.0. The molecule has 19 heavy (non-hydrogen) atoms. The average molecular weight is 315 g/mol. The second-order valence-electron chi connectivity index (χ2n) is 5.03. The van der Waals surface area contributed by atoms with Gasteiger partial charge in [0.15, 0.2) is 4.34 Å². The van der Waals surface area contributed by atoms with Gasteiger partial charge in [-0.1, -0.05) is 43.9 Å². The molecular weight excluding hydrogens is 299 g/mol. The van der Waals surface area contributed by atoms with Gasteiger partial charge in [0.1, 0.15) is 6.54 Å². The fraction of sp³-hybridized carbons (Fsp3) is 0.800. The molecule has 0 radical (unpaired) electrons. The van der Waals surface area contributed by atoms with E-state index in [0.29, 0.717) is 10.1 Å². The zero-order valence-electron chi connectivity index (χ0n) is 10.8. The number of aromatic nitrogens is 2. The van der Waals surface area contributed by atoms with Crippen molar-refractivity contribution in [2.45, 2.75) is 37.4 Å². The number of thioether (sulfide) groups is 1. The lowest BCUT2D eigenvalue weighted by atomic mass is 9.90. The lowest BCUT2D eigenvalue weighted by Gasteiger charge is -2.24. The molecule has 0 spiro atoms. The van der Waals surface area contributed by atoms with Crippen LogP contribution in [0, 0.1) is 5.41 Å². The number of halogens is 3. The third-order valence-corrected chi connectivity index (χ3v) is 4.30. The van der Waals surface area contributed by atoms with E-state index in [1.807, 2.05) is 20.8 Å². The molecule has 0 saturated carbocycles. The average Bonchev–Trinajstić information content (AvgIpc) is 2.68. The number of nitrogens with one attached hydrogen (secondary N) is 1. The number of aliphatic hydroxyl groups is 1. The largest absolute Gasteiger partial charge is 0.405 e. The van der Waals surface area contributed by atoms with Crippen LogP contribution in [0.1, 0.15) is 20.8 Å². The second-order valence-corrected chi connectivity index (χ2v) is 7.28. The maximum atomic E-state index is 12.0. The topological polar surface area (TPSA) is 58.0 Å². The summed E-state index contributed by atoms with van der Waals surface area (Å²) in [5.41, 5.74) is -0.241. The van der Waals surface area contributed by atoms with Gasteiger partial charge in [-0.15, -0.1) is 10.2 Å². The Labute approximate surface area is 117 Å². The van der Waals surface area contributed by atoms with E-state index in [4.69, 9.17) is 0 Å². The highest BCUT2D eigenvalue weighted by Crippen LogP contribution is 2.30. The highest BCUT2D eigenvalue weighted by Gasteiger charge is 2.27. The summed E-state index contributed by atoms with van der Waals surface area (Å²) >= 11 is 2.33. The van der Waals surface area contributed by atoms with Gasteiger partial charge >= 0.3 is 6.18 Å². The van der Waals surface area contributed by atoms with Crippen LogP contribution in [0.4, 0.5) is 18.3 Å². The molecule has 0 aliphatic heterocycles. The SMILES string of the molecule is CC(C)(C)[C@@H](O)CSc1nnc(NCC(F)(F)F)s1. The van der Waals surface area contributed by atoms with Crippen molar-refractivity contribution in [2.24, 2.45) is 5.41 Å². The Kier molecular flexibility index (Phi) is 5.45. The summed E-state index contributed by atoms with van der Waals surface area (Å²) in [5, 5.41) is 19.5. The van der Waals surface area contributed by atoms with Gasteiger partial charge in [-0.3, -0.25) is 0 Å².